The first kappa shape index (κ1) is 13.7. The van der Waals surface area contributed by atoms with E-state index in [1.54, 1.807) is 0 Å². The largest absolute Gasteiger partial charge is 0.393 e. The van der Waals surface area contributed by atoms with Gasteiger partial charge in [0.2, 0.25) is 0 Å². The number of aliphatic hydroxyl groups is 1. The average Bonchev–Trinajstić information content (AvgIpc) is 2.53. The van der Waals surface area contributed by atoms with Crippen LogP contribution in [0.2, 0.25) is 0 Å². The van der Waals surface area contributed by atoms with Crippen LogP contribution in [0.15, 0.2) is 12.2 Å². The summed E-state index contributed by atoms with van der Waals surface area (Å²) in [6.07, 6.45) is 8.56. The Labute approximate surface area is 98.7 Å². The minimum Gasteiger partial charge on any atom is -0.393 e. The fraction of sp³-hybridized carbons (Fsp3) is 0.857. The molecule has 0 aromatic carbocycles. The first-order valence-corrected chi connectivity index (χ1v) is 6.67. The monoisotopic (exact) mass is 228 g/mol. The SMILES string of the molecule is CCC/C=C/CCC1C(O)CC(F)C1CC. The first-order chi connectivity index (χ1) is 7.70. The van der Waals surface area contributed by atoms with Crippen molar-refractivity contribution >= 4 is 0 Å². The molecule has 16 heavy (non-hydrogen) atoms. The lowest BCUT2D eigenvalue weighted by Gasteiger charge is -2.20. The Balaban J connectivity index is 2.34. The number of halogens is 1. The second-order valence-corrected chi connectivity index (χ2v) is 4.89. The second kappa shape index (κ2) is 7.05. The molecular formula is C14H25FO. The van der Waals surface area contributed by atoms with Gasteiger partial charge in [-0.15, -0.1) is 0 Å². The van der Waals surface area contributed by atoms with Gasteiger partial charge in [0.1, 0.15) is 6.17 Å². The van der Waals surface area contributed by atoms with Crippen molar-refractivity contribution in [2.45, 2.75) is 64.6 Å². The van der Waals surface area contributed by atoms with Crippen LogP contribution in [-0.4, -0.2) is 17.4 Å². The Hall–Kier alpha value is -0.370. The van der Waals surface area contributed by atoms with E-state index in [-0.39, 0.29) is 11.8 Å². The summed E-state index contributed by atoms with van der Waals surface area (Å²) in [5.41, 5.74) is 0. The van der Waals surface area contributed by atoms with Crippen LogP contribution in [0.25, 0.3) is 0 Å². The molecule has 4 unspecified atom stereocenters. The minimum atomic E-state index is -0.787. The van der Waals surface area contributed by atoms with E-state index < -0.39 is 12.3 Å². The topological polar surface area (TPSA) is 20.2 Å². The van der Waals surface area contributed by atoms with Gasteiger partial charge in [-0.05, 0) is 31.1 Å². The molecule has 0 aromatic rings. The predicted molar refractivity (Wildman–Crippen MR) is 66.1 cm³/mol. The van der Waals surface area contributed by atoms with Gasteiger partial charge in [0.05, 0.1) is 6.10 Å². The van der Waals surface area contributed by atoms with Crippen LogP contribution < -0.4 is 0 Å². The van der Waals surface area contributed by atoms with Crippen LogP contribution in [0.1, 0.15) is 52.4 Å². The lowest BCUT2D eigenvalue weighted by molar-refractivity contribution is 0.111. The van der Waals surface area contributed by atoms with E-state index in [0.717, 1.165) is 25.7 Å². The molecule has 0 heterocycles. The molecule has 4 atom stereocenters. The van der Waals surface area contributed by atoms with Crippen molar-refractivity contribution in [3.05, 3.63) is 12.2 Å². The maximum atomic E-state index is 13.5. The summed E-state index contributed by atoms with van der Waals surface area (Å²) in [6, 6.07) is 0. The zero-order valence-electron chi connectivity index (χ0n) is 10.5. The highest BCUT2D eigenvalue weighted by Crippen LogP contribution is 2.39. The smallest absolute Gasteiger partial charge is 0.106 e. The van der Waals surface area contributed by atoms with Crippen molar-refractivity contribution in [3.8, 4) is 0 Å². The van der Waals surface area contributed by atoms with E-state index in [2.05, 4.69) is 19.1 Å². The van der Waals surface area contributed by atoms with Gasteiger partial charge in [0, 0.05) is 6.42 Å². The predicted octanol–water partition coefficient (Wildman–Crippen LogP) is 3.87. The Morgan fingerprint density at radius 3 is 2.50 bits per heavy atom. The number of alkyl halides is 1. The van der Waals surface area contributed by atoms with Gasteiger partial charge in [0.25, 0.3) is 0 Å². The molecule has 2 heteroatoms. The molecule has 0 aromatic heterocycles. The molecular weight excluding hydrogens is 203 g/mol. The lowest BCUT2D eigenvalue weighted by atomic mass is 9.88. The lowest BCUT2D eigenvalue weighted by Crippen LogP contribution is -2.20. The van der Waals surface area contributed by atoms with Gasteiger partial charge in [-0.25, -0.2) is 4.39 Å². The molecule has 1 nitrogen and oxygen atoms in total. The molecule has 0 bridgehead atoms. The molecule has 94 valence electrons. The van der Waals surface area contributed by atoms with E-state index in [0.29, 0.717) is 6.42 Å². The number of hydrogen-bond donors (Lipinski definition) is 1. The Kier molecular flexibility index (Phi) is 6.04. The Bertz CT molecular complexity index is 215. The highest BCUT2D eigenvalue weighted by atomic mass is 19.1. The molecule has 0 amide bonds. The fourth-order valence-electron chi connectivity index (χ4n) is 2.79. The summed E-state index contributed by atoms with van der Waals surface area (Å²) in [5, 5.41) is 9.80. The van der Waals surface area contributed by atoms with E-state index in [4.69, 9.17) is 0 Å². The number of hydrogen-bond acceptors (Lipinski definition) is 1. The molecule has 1 saturated carbocycles. The zero-order valence-corrected chi connectivity index (χ0v) is 10.5. The summed E-state index contributed by atoms with van der Waals surface area (Å²) >= 11 is 0. The zero-order chi connectivity index (χ0) is 12.0. The van der Waals surface area contributed by atoms with E-state index >= 15 is 0 Å². The third-order valence-electron chi connectivity index (χ3n) is 3.74. The normalized spacial score (nSPS) is 35.0. The highest BCUT2D eigenvalue weighted by molar-refractivity contribution is 4.92. The molecule has 0 radical (unpaired) electrons. The van der Waals surface area contributed by atoms with Crippen LogP contribution >= 0.6 is 0 Å². The number of unbranched alkanes of at least 4 members (excludes halogenated alkanes) is 1. The van der Waals surface area contributed by atoms with Crippen molar-refractivity contribution in [2.75, 3.05) is 0 Å². The van der Waals surface area contributed by atoms with Crippen LogP contribution in [-0.2, 0) is 0 Å². The van der Waals surface area contributed by atoms with Gasteiger partial charge in [-0.3, -0.25) is 0 Å². The third-order valence-corrected chi connectivity index (χ3v) is 3.74. The van der Waals surface area contributed by atoms with Gasteiger partial charge >= 0.3 is 0 Å². The summed E-state index contributed by atoms with van der Waals surface area (Å²) in [7, 11) is 0. The van der Waals surface area contributed by atoms with Crippen LogP contribution in [0.4, 0.5) is 4.39 Å². The summed E-state index contributed by atoms with van der Waals surface area (Å²) in [5.74, 6) is 0.251. The van der Waals surface area contributed by atoms with Gasteiger partial charge < -0.3 is 5.11 Å². The first-order valence-electron chi connectivity index (χ1n) is 6.67. The quantitative estimate of drug-likeness (QED) is 0.684. The molecule has 0 saturated heterocycles. The second-order valence-electron chi connectivity index (χ2n) is 4.89. The molecule has 0 spiro atoms. The molecule has 1 N–H and O–H groups in total. The summed E-state index contributed by atoms with van der Waals surface area (Å²) in [6.45, 7) is 4.18. The Morgan fingerprint density at radius 1 is 1.19 bits per heavy atom. The molecule has 1 rings (SSSR count). The maximum Gasteiger partial charge on any atom is 0.106 e. The molecule has 1 fully saturated rings. The maximum absolute atomic E-state index is 13.5. The van der Waals surface area contributed by atoms with Crippen molar-refractivity contribution in [3.63, 3.8) is 0 Å². The molecule has 0 aliphatic heterocycles. The van der Waals surface area contributed by atoms with E-state index in [9.17, 15) is 9.50 Å². The number of rotatable bonds is 6. The standard InChI is InChI=1S/C14H25FO/c1-3-5-6-7-8-9-12-11(4-2)13(15)10-14(12)16/h6-7,11-14,16H,3-5,8-10H2,1-2H3/b7-6+. The summed E-state index contributed by atoms with van der Waals surface area (Å²) < 4.78 is 13.5. The summed E-state index contributed by atoms with van der Waals surface area (Å²) in [4.78, 5) is 0. The third kappa shape index (κ3) is 3.58. The van der Waals surface area contributed by atoms with Gasteiger partial charge in [0.15, 0.2) is 0 Å². The Morgan fingerprint density at radius 2 is 1.88 bits per heavy atom. The van der Waals surface area contributed by atoms with Crippen molar-refractivity contribution < 1.29 is 9.50 Å². The van der Waals surface area contributed by atoms with Crippen LogP contribution in [0.3, 0.4) is 0 Å². The van der Waals surface area contributed by atoms with Crippen molar-refractivity contribution in [1.29, 1.82) is 0 Å². The fourth-order valence-corrected chi connectivity index (χ4v) is 2.79. The minimum absolute atomic E-state index is 0.0783. The van der Waals surface area contributed by atoms with Crippen molar-refractivity contribution in [2.24, 2.45) is 11.8 Å². The van der Waals surface area contributed by atoms with E-state index in [1.165, 1.54) is 6.42 Å². The van der Waals surface area contributed by atoms with Gasteiger partial charge in [-0.2, -0.15) is 0 Å². The van der Waals surface area contributed by atoms with Crippen LogP contribution in [0.5, 0.6) is 0 Å². The number of allylic oxidation sites excluding steroid dienone is 2. The number of aliphatic hydroxyl groups excluding tert-OH is 1. The van der Waals surface area contributed by atoms with Crippen molar-refractivity contribution in [1.82, 2.24) is 0 Å². The van der Waals surface area contributed by atoms with E-state index in [1.807, 2.05) is 6.92 Å². The average molecular weight is 228 g/mol. The highest BCUT2D eigenvalue weighted by Gasteiger charge is 2.40. The molecule has 1 aliphatic carbocycles. The van der Waals surface area contributed by atoms with Crippen LogP contribution in [0, 0.1) is 11.8 Å². The van der Waals surface area contributed by atoms with Gasteiger partial charge in [-0.1, -0.05) is 38.8 Å². The molecule has 1 aliphatic rings.